The van der Waals surface area contributed by atoms with Crippen molar-refractivity contribution in [3.8, 4) is 0 Å². The number of aromatic amines is 1. The van der Waals surface area contributed by atoms with Crippen LogP contribution in [0.5, 0.6) is 0 Å². The molecule has 1 aromatic carbocycles. The molecule has 0 unspecified atom stereocenters. The number of benzene rings is 1. The highest BCUT2D eigenvalue weighted by Crippen LogP contribution is 2.15. The highest BCUT2D eigenvalue weighted by atomic mass is 16.1. The van der Waals surface area contributed by atoms with Gasteiger partial charge in [-0.3, -0.25) is 4.79 Å². The van der Waals surface area contributed by atoms with E-state index in [1.165, 1.54) is 0 Å². The van der Waals surface area contributed by atoms with Gasteiger partial charge in [0.2, 0.25) is 0 Å². The Hall–Kier alpha value is -1.90. The van der Waals surface area contributed by atoms with E-state index in [1.807, 2.05) is 30.3 Å². The molecule has 0 spiro atoms. The van der Waals surface area contributed by atoms with Crippen LogP contribution in [0.15, 0.2) is 30.3 Å². The maximum Gasteiger partial charge on any atom is 0.173 e. The van der Waals surface area contributed by atoms with Gasteiger partial charge >= 0.3 is 0 Å². The molecule has 1 heterocycles. The van der Waals surface area contributed by atoms with E-state index in [2.05, 4.69) is 4.98 Å². The van der Waals surface area contributed by atoms with Crippen LogP contribution < -0.4 is 0 Å². The van der Waals surface area contributed by atoms with Crippen molar-refractivity contribution in [2.75, 3.05) is 0 Å². The van der Waals surface area contributed by atoms with Crippen LogP contribution in [-0.2, 0) is 11.2 Å². The van der Waals surface area contributed by atoms with Crippen LogP contribution in [0.3, 0.4) is 0 Å². The minimum Gasteiger partial charge on any atom is -0.358 e. The molecule has 0 fully saturated rings. The average Bonchev–Trinajstić information content (AvgIpc) is 2.68. The van der Waals surface area contributed by atoms with Crippen molar-refractivity contribution in [1.82, 2.24) is 4.98 Å². The molecule has 2 aromatic rings. The molecule has 3 heteroatoms. The molecule has 0 saturated carbocycles. The van der Waals surface area contributed by atoms with Gasteiger partial charge in [-0.05, 0) is 23.9 Å². The molecule has 0 saturated heterocycles. The second kappa shape index (κ2) is 4.09. The van der Waals surface area contributed by atoms with Crippen molar-refractivity contribution in [3.63, 3.8) is 0 Å². The lowest BCUT2D eigenvalue weighted by atomic mass is 10.2. The highest BCUT2D eigenvalue weighted by Gasteiger charge is 2.02. The van der Waals surface area contributed by atoms with Gasteiger partial charge in [0, 0.05) is 17.6 Å². The summed E-state index contributed by atoms with van der Waals surface area (Å²) < 4.78 is 0. The first-order valence-corrected chi connectivity index (χ1v) is 4.89. The summed E-state index contributed by atoms with van der Waals surface area (Å²) in [6, 6.07) is 10.1. The number of carbonyl (C=O) groups excluding carboxylic acids is 1. The van der Waals surface area contributed by atoms with E-state index >= 15 is 0 Å². The largest absolute Gasteiger partial charge is 0.358 e. The summed E-state index contributed by atoms with van der Waals surface area (Å²) in [5.41, 5.74) is 2.14. The number of hydrogen-bond acceptors (Lipinski definition) is 2. The number of nitrogens with one attached hydrogen (secondary N) is 2. The molecule has 0 aliphatic carbocycles. The maximum absolute atomic E-state index is 10.9. The second-order valence-electron chi connectivity index (χ2n) is 3.49. The fourth-order valence-corrected chi connectivity index (χ4v) is 1.60. The topological polar surface area (TPSA) is 56.7 Å². The van der Waals surface area contributed by atoms with E-state index < -0.39 is 0 Å². The molecule has 3 nitrogen and oxygen atoms in total. The van der Waals surface area contributed by atoms with Crippen LogP contribution in [0.25, 0.3) is 10.9 Å². The lowest BCUT2D eigenvalue weighted by molar-refractivity contribution is -0.112. The van der Waals surface area contributed by atoms with Crippen LogP contribution in [-0.4, -0.2) is 17.0 Å². The molecule has 2 N–H and O–H groups in total. The number of aryl methyl sites for hydroxylation is 1. The number of H-pyrrole nitrogens is 1. The smallest absolute Gasteiger partial charge is 0.173 e. The van der Waals surface area contributed by atoms with Gasteiger partial charge in [0.25, 0.3) is 0 Å². The van der Waals surface area contributed by atoms with E-state index in [0.29, 0.717) is 12.8 Å². The van der Waals surface area contributed by atoms with Crippen LogP contribution in [0.4, 0.5) is 0 Å². The van der Waals surface area contributed by atoms with Crippen molar-refractivity contribution >= 4 is 22.9 Å². The summed E-state index contributed by atoms with van der Waals surface area (Å²) in [6.45, 7) is 0. The van der Waals surface area contributed by atoms with Gasteiger partial charge in [-0.15, -0.1) is 0 Å². The zero-order chi connectivity index (χ0) is 10.7. The normalized spacial score (nSPS) is 10.4. The Bertz CT molecular complexity index is 466. The van der Waals surface area contributed by atoms with Gasteiger partial charge in [0.15, 0.2) is 5.78 Å². The van der Waals surface area contributed by atoms with Gasteiger partial charge < -0.3 is 10.4 Å². The van der Waals surface area contributed by atoms with Crippen LogP contribution in [0.2, 0.25) is 0 Å². The molecular weight excluding hydrogens is 188 g/mol. The third kappa shape index (κ3) is 2.13. The third-order valence-electron chi connectivity index (χ3n) is 2.39. The predicted octanol–water partition coefficient (Wildman–Crippen LogP) is 2.32. The van der Waals surface area contributed by atoms with Gasteiger partial charge in [-0.25, -0.2) is 0 Å². The molecular formula is C12H12N2O. The molecule has 15 heavy (non-hydrogen) atoms. The minimum atomic E-state index is -0.131. The monoisotopic (exact) mass is 200 g/mol. The summed E-state index contributed by atoms with van der Waals surface area (Å²) in [5.74, 6) is -0.131. The van der Waals surface area contributed by atoms with E-state index in [-0.39, 0.29) is 5.78 Å². The fraction of sp³-hybridized carbons (Fsp3) is 0.167. The van der Waals surface area contributed by atoms with E-state index in [1.54, 1.807) is 0 Å². The van der Waals surface area contributed by atoms with E-state index in [4.69, 9.17) is 5.41 Å². The first-order chi connectivity index (χ1) is 7.29. The van der Waals surface area contributed by atoms with Crippen molar-refractivity contribution < 1.29 is 4.79 Å². The number of para-hydroxylation sites is 1. The van der Waals surface area contributed by atoms with Crippen molar-refractivity contribution in [2.45, 2.75) is 12.8 Å². The van der Waals surface area contributed by atoms with Gasteiger partial charge in [0.05, 0.1) is 6.21 Å². The number of ketones is 1. The summed E-state index contributed by atoms with van der Waals surface area (Å²) in [7, 11) is 0. The van der Waals surface area contributed by atoms with Crippen LogP contribution in [0, 0.1) is 5.41 Å². The predicted molar refractivity (Wildman–Crippen MR) is 60.4 cm³/mol. The Balaban J connectivity index is 2.15. The number of aromatic nitrogens is 1. The Kier molecular flexibility index (Phi) is 2.63. The fourth-order valence-electron chi connectivity index (χ4n) is 1.60. The molecule has 0 aliphatic heterocycles. The SMILES string of the molecule is N=CC(=O)CCc1cc2ccccc2[nH]1. The molecule has 0 bridgehead atoms. The van der Waals surface area contributed by atoms with Gasteiger partial charge in [-0.2, -0.15) is 0 Å². The quantitative estimate of drug-likeness (QED) is 0.731. The molecule has 0 aliphatic rings. The Morgan fingerprint density at radius 2 is 2.20 bits per heavy atom. The zero-order valence-electron chi connectivity index (χ0n) is 8.29. The number of hydrogen-bond donors (Lipinski definition) is 2. The van der Waals surface area contributed by atoms with Gasteiger partial charge in [-0.1, -0.05) is 18.2 Å². The lowest BCUT2D eigenvalue weighted by Crippen LogP contribution is -2.00. The Morgan fingerprint density at radius 3 is 2.93 bits per heavy atom. The first-order valence-electron chi connectivity index (χ1n) is 4.89. The molecule has 0 radical (unpaired) electrons. The minimum absolute atomic E-state index is 0.131. The number of carbonyl (C=O) groups is 1. The molecule has 76 valence electrons. The van der Waals surface area contributed by atoms with Gasteiger partial charge in [0.1, 0.15) is 0 Å². The number of fused-ring (bicyclic) bond motifs is 1. The molecule has 1 aromatic heterocycles. The van der Waals surface area contributed by atoms with Crippen molar-refractivity contribution in [2.24, 2.45) is 0 Å². The molecule has 0 atom stereocenters. The summed E-state index contributed by atoms with van der Waals surface area (Å²) in [5, 5.41) is 7.96. The van der Waals surface area contributed by atoms with E-state index in [9.17, 15) is 4.79 Å². The number of rotatable bonds is 4. The first kappa shape index (κ1) is 9.65. The second-order valence-corrected chi connectivity index (χ2v) is 3.49. The lowest BCUT2D eigenvalue weighted by Gasteiger charge is -1.92. The van der Waals surface area contributed by atoms with Crippen LogP contribution in [0.1, 0.15) is 12.1 Å². The van der Waals surface area contributed by atoms with Crippen molar-refractivity contribution in [1.29, 1.82) is 5.41 Å². The summed E-state index contributed by atoms with van der Waals surface area (Å²) in [6.07, 6.45) is 1.95. The van der Waals surface area contributed by atoms with E-state index in [0.717, 1.165) is 22.8 Å². The summed E-state index contributed by atoms with van der Waals surface area (Å²) in [4.78, 5) is 14.2. The standard InChI is InChI=1S/C12H12N2O/c13-8-11(15)6-5-10-7-9-3-1-2-4-12(9)14-10/h1-4,7-8,13-14H,5-6H2. The van der Waals surface area contributed by atoms with Crippen molar-refractivity contribution in [3.05, 3.63) is 36.0 Å². The third-order valence-corrected chi connectivity index (χ3v) is 2.39. The maximum atomic E-state index is 10.9. The zero-order valence-corrected chi connectivity index (χ0v) is 8.29. The number of Topliss-reactive ketones (excluding diaryl/α,β-unsaturated/α-hetero) is 1. The van der Waals surface area contributed by atoms with Crippen LogP contribution >= 0.6 is 0 Å². The Labute approximate surface area is 87.6 Å². The summed E-state index contributed by atoms with van der Waals surface area (Å²) >= 11 is 0. The molecule has 0 amide bonds. The molecule has 2 rings (SSSR count). The average molecular weight is 200 g/mol. The Morgan fingerprint density at radius 1 is 1.40 bits per heavy atom. The highest BCUT2D eigenvalue weighted by molar-refractivity contribution is 6.26.